The number of carbonyl (C=O) groups excluding carboxylic acids is 2. The van der Waals surface area contributed by atoms with Crippen molar-refractivity contribution in [2.45, 2.75) is 6.42 Å². The number of carbonyl (C=O) groups is 2. The van der Waals surface area contributed by atoms with Crippen LogP contribution in [0.5, 0.6) is 11.5 Å². The van der Waals surface area contributed by atoms with E-state index in [1.165, 1.54) is 14.2 Å². The van der Waals surface area contributed by atoms with E-state index in [-0.39, 0.29) is 18.4 Å². The number of amides is 2. The van der Waals surface area contributed by atoms with Gasteiger partial charge < -0.3 is 25.2 Å². The third kappa shape index (κ3) is 5.40. The predicted octanol–water partition coefficient (Wildman–Crippen LogP) is 3.74. The van der Waals surface area contributed by atoms with E-state index in [0.29, 0.717) is 40.4 Å². The zero-order chi connectivity index (χ0) is 22.2. The molecule has 2 amide bonds. The summed E-state index contributed by atoms with van der Waals surface area (Å²) < 4.78 is 10.4. The second-order valence-corrected chi connectivity index (χ2v) is 6.69. The number of hydrogen-bond donors (Lipinski definition) is 3. The van der Waals surface area contributed by atoms with E-state index in [1.807, 2.05) is 12.1 Å². The maximum absolute atomic E-state index is 12.8. The van der Waals surface area contributed by atoms with Crippen LogP contribution >= 0.6 is 0 Å². The number of nitrogens with one attached hydrogen (secondary N) is 2. The Hall–Kier alpha value is -3.84. The summed E-state index contributed by atoms with van der Waals surface area (Å²) in [6.45, 7) is 0.0683. The van der Waals surface area contributed by atoms with Crippen LogP contribution in [0, 0.1) is 0 Å². The Morgan fingerprint density at radius 3 is 2.23 bits per heavy atom. The molecule has 7 nitrogen and oxygen atoms in total. The zero-order valence-electron chi connectivity index (χ0n) is 17.3. The van der Waals surface area contributed by atoms with Crippen molar-refractivity contribution in [3.8, 4) is 11.5 Å². The molecule has 0 unspecified atom stereocenters. The standard InChI is InChI=1S/C24H24N2O5/c1-30-21-12-9-17(15-22(21)31-2)23(28)26-20-6-4-3-5-19(20)24(29)25-18-10-7-16(8-11-18)13-14-27/h3-12,15,27H,13-14H2,1-2H3,(H,25,29)(H,26,28). The van der Waals surface area contributed by atoms with Crippen LogP contribution in [0.2, 0.25) is 0 Å². The normalized spacial score (nSPS) is 10.3. The highest BCUT2D eigenvalue weighted by Crippen LogP contribution is 2.28. The lowest BCUT2D eigenvalue weighted by atomic mass is 10.1. The summed E-state index contributed by atoms with van der Waals surface area (Å²) in [5.74, 6) is 0.224. The van der Waals surface area contributed by atoms with Gasteiger partial charge in [-0.05, 0) is 54.4 Å². The van der Waals surface area contributed by atoms with Gasteiger partial charge in [-0.3, -0.25) is 9.59 Å². The van der Waals surface area contributed by atoms with Crippen molar-refractivity contribution in [1.29, 1.82) is 0 Å². The van der Waals surface area contributed by atoms with Gasteiger partial charge in [-0.15, -0.1) is 0 Å². The summed E-state index contributed by atoms with van der Waals surface area (Å²) in [6, 6.07) is 18.8. The van der Waals surface area contributed by atoms with Crippen LogP contribution in [-0.4, -0.2) is 37.7 Å². The molecule has 31 heavy (non-hydrogen) atoms. The third-order valence-corrected chi connectivity index (χ3v) is 4.68. The molecular formula is C24H24N2O5. The van der Waals surface area contributed by atoms with E-state index in [9.17, 15) is 9.59 Å². The van der Waals surface area contributed by atoms with Gasteiger partial charge in [-0.2, -0.15) is 0 Å². The Morgan fingerprint density at radius 2 is 1.55 bits per heavy atom. The minimum Gasteiger partial charge on any atom is -0.493 e. The molecule has 0 saturated heterocycles. The molecule has 0 bridgehead atoms. The highest BCUT2D eigenvalue weighted by molar-refractivity contribution is 6.12. The van der Waals surface area contributed by atoms with Gasteiger partial charge in [0.25, 0.3) is 11.8 Å². The van der Waals surface area contributed by atoms with Crippen molar-refractivity contribution in [1.82, 2.24) is 0 Å². The van der Waals surface area contributed by atoms with Crippen LogP contribution in [0.25, 0.3) is 0 Å². The van der Waals surface area contributed by atoms with Gasteiger partial charge in [-0.1, -0.05) is 24.3 Å². The Labute approximate surface area is 180 Å². The quantitative estimate of drug-likeness (QED) is 0.516. The maximum atomic E-state index is 12.8. The van der Waals surface area contributed by atoms with E-state index >= 15 is 0 Å². The molecule has 0 heterocycles. The predicted molar refractivity (Wildman–Crippen MR) is 119 cm³/mol. The van der Waals surface area contributed by atoms with Crippen LogP contribution in [-0.2, 0) is 6.42 Å². The molecule has 0 aliphatic carbocycles. The smallest absolute Gasteiger partial charge is 0.257 e. The highest BCUT2D eigenvalue weighted by Gasteiger charge is 2.16. The SMILES string of the molecule is COc1ccc(C(=O)Nc2ccccc2C(=O)Nc2ccc(CCO)cc2)cc1OC. The number of aliphatic hydroxyl groups is 1. The van der Waals surface area contributed by atoms with Crippen molar-refractivity contribution < 1.29 is 24.2 Å². The fourth-order valence-electron chi connectivity index (χ4n) is 3.04. The molecule has 0 atom stereocenters. The second kappa shape index (κ2) is 10.3. The highest BCUT2D eigenvalue weighted by atomic mass is 16.5. The van der Waals surface area contributed by atoms with Gasteiger partial charge in [0.1, 0.15) is 0 Å². The van der Waals surface area contributed by atoms with Gasteiger partial charge in [0.2, 0.25) is 0 Å². The van der Waals surface area contributed by atoms with Crippen molar-refractivity contribution in [3.05, 3.63) is 83.4 Å². The molecule has 3 N–H and O–H groups in total. The monoisotopic (exact) mass is 420 g/mol. The van der Waals surface area contributed by atoms with Crippen molar-refractivity contribution in [3.63, 3.8) is 0 Å². The molecule has 0 aliphatic rings. The molecule has 0 radical (unpaired) electrons. The first-order valence-corrected chi connectivity index (χ1v) is 9.69. The lowest BCUT2D eigenvalue weighted by Gasteiger charge is -2.13. The number of rotatable bonds is 8. The van der Waals surface area contributed by atoms with Gasteiger partial charge in [0, 0.05) is 17.9 Å². The molecule has 0 saturated carbocycles. The van der Waals surface area contributed by atoms with Crippen LogP contribution in [0.3, 0.4) is 0 Å². The van der Waals surface area contributed by atoms with Crippen molar-refractivity contribution in [2.24, 2.45) is 0 Å². The molecule has 3 rings (SSSR count). The Morgan fingerprint density at radius 1 is 0.839 bits per heavy atom. The summed E-state index contributed by atoms with van der Waals surface area (Å²) in [4.78, 5) is 25.6. The molecule has 0 aliphatic heterocycles. The summed E-state index contributed by atoms with van der Waals surface area (Å²) in [6.07, 6.45) is 0.555. The lowest BCUT2D eigenvalue weighted by Crippen LogP contribution is -2.18. The molecule has 0 fully saturated rings. The number of para-hydroxylation sites is 1. The summed E-state index contributed by atoms with van der Waals surface area (Å²) >= 11 is 0. The van der Waals surface area contributed by atoms with E-state index in [2.05, 4.69) is 10.6 Å². The average Bonchev–Trinajstić information content (AvgIpc) is 2.80. The molecule has 3 aromatic rings. The molecule has 0 aromatic heterocycles. The molecule has 160 valence electrons. The number of methoxy groups -OCH3 is 2. The average molecular weight is 420 g/mol. The largest absolute Gasteiger partial charge is 0.493 e. The number of hydrogen-bond acceptors (Lipinski definition) is 5. The maximum Gasteiger partial charge on any atom is 0.257 e. The van der Waals surface area contributed by atoms with Gasteiger partial charge >= 0.3 is 0 Å². The summed E-state index contributed by atoms with van der Waals surface area (Å²) in [5, 5.41) is 14.6. The number of benzene rings is 3. The Balaban J connectivity index is 1.76. The van der Waals surface area contributed by atoms with Gasteiger partial charge in [-0.25, -0.2) is 0 Å². The van der Waals surface area contributed by atoms with Crippen LogP contribution < -0.4 is 20.1 Å². The Bertz CT molecular complexity index is 1060. The van der Waals surface area contributed by atoms with E-state index in [4.69, 9.17) is 14.6 Å². The minimum atomic E-state index is -0.380. The fraction of sp³-hybridized carbons (Fsp3) is 0.167. The number of ether oxygens (including phenoxy) is 2. The summed E-state index contributed by atoms with van der Waals surface area (Å²) in [7, 11) is 3.02. The lowest BCUT2D eigenvalue weighted by molar-refractivity contribution is 0.102. The van der Waals surface area contributed by atoms with E-state index < -0.39 is 0 Å². The topological polar surface area (TPSA) is 96.9 Å². The minimum absolute atomic E-state index is 0.0683. The fourth-order valence-corrected chi connectivity index (χ4v) is 3.04. The first kappa shape index (κ1) is 21.9. The van der Waals surface area contributed by atoms with Crippen molar-refractivity contribution >= 4 is 23.2 Å². The van der Waals surface area contributed by atoms with Gasteiger partial charge in [0.05, 0.1) is 25.5 Å². The van der Waals surface area contributed by atoms with E-state index in [1.54, 1.807) is 54.6 Å². The number of aliphatic hydroxyl groups excluding tert-OH is 1. The molecule has 0 spiro atoms. The van der Waals surface area contributed by atoms with Crippen molar-refractivity contribution in [2.75, 3.05) is 31.5 Å². The van der Waals surface area contributed by atoms with Crippen LogP contribution in [0.15, 0.2) is 66.7 Å². The Kier molecular flexibility index (Phi) is 7.24. The second-order valence-electron chi connectivity index (χ2n) is 6.69. The van der Waals surface area contributed by atoms with E-state index in [0.717, 1.165) is 5.56 Å². The zero-order valence-corrected chi connectivity index (χ0v) is 17.3. The van der Waals surface area contributed by atoms with Crippen LogP contribution in [0.1, 0.15) is 26.3 Å². The van der Waals surface area contributed by atoms with Crippen LogP contribution in [0.4, 0.5) is 11.4 Å². The third-order valence-electron chi connectivity index (χ3n) is 4.68. The summed E-state index contributed by atoms with van der Waals surface area (Å²) in [5.41, 5.74) is 2.68. The molecule has 3 aromatic carbocycles. The molecule has 7 heteroatoms. The van der Waals surface area contributed by atoms with Gasteiger partial charge in [0.15, 0.2) is 11.5 Å². The molecular weight excluding hydrogens is 396 g/mol. The first-order valence-electron chi connectivity index (χ1n) is 9.69. The first-order chi connectivity index (χ1) is 15.0. The number of anilines is 2.